The Kier molecular flexibility index (Phi) is 8.36. The largest absolute Gasteiger partial charge is 0.493 e. The van der Waals surface area contributed by atoms with E-state index in [-0.39, 0.29) is 28.0 Å². The number of nitrogens with one attached hydrogen (secondary N) is 2. The zero-order valence-corrected chi connectivity index (χ0v) is 21.7. The molecule has 10 nitrogen and oxygen atoms in total. The number of amides is 1. The molecule has 2 N–H and O–H groups in total. The Bertz CT molecular complexity index is 1670. The van der Waals surface area contributed by atoms with Gasteiger partial charge in [0.2, 0.25) is 5.95 Å². The standard InChI is InChI=1S/C26H18F7N7O3/c1-3-20(41)40(43-23(42)26(31,32)33)19-6-4-5-18(21(19)27)37-22-17(14-7-9-15(10-8-14)25(28,29)30)12-34-24(38-22)36-16-11-35-39(2)13-16/h3-13H,1H2,2H3,(H2,34,36,37,38). The normalized spacial score (nSPS) is 11.5. The first-order chi connectivity index (χ1) is 20.2. The van der Waals surface area contributed by atoms with Crippen LogP contribution in [-0.2, 0) is 27.7 Å². The van der Waals surface area contributed by atoms with Crippen molar-refractivity contribution in [2.75, 3.05) is 15.7 Å². The number of hydrogen-bond donors (Lipinski definition) is 2. The third-order valence-corrected chi connectivity index (χ3v) is 5.50. The van der Waals surface area contributed by atoms with E-state index in [1.165, 1.54) is 17.1 Å². The smallest absolute Gasteiger partial charge is 0.337 e. The van der Waals surface area contributed by atoms with Crippen LogP contribution in [0.4, 0.5) is 59.6 Å². The first-order valence-electron chi connectivity index (χ1n) is 11.8. The molecule has 2 aromatic heterocycles. The minimum absolute atomic E-state index is 0.0507. The third-order valence-electron chi connectivity index (χ3n) is 5.50. The Balaban J connectivity index is 1.77. The summed E-state index contributed by atoms with van der Waals surface area (Å²) in [6.45, 7) is 3.11. The van der Waals surface area contributed by atoms with Gasteiger partial charge in [0.05, 0.1) is 23.1 Å². The first kappa shape index (κ1) is 30.5. The molecule has 4 aromatic rings. The van der Waals surface area contributed by atoms with Crippen LogP contribution in [0, 0.1) is 5.82 Å². The van der Waals surface area contributed by atoms with Crippen molar-refractivity contribution in [1.82, 2.24) is 19.7 Å². The number of hydrogen-bond acceptors (Lipinski definition) is 8. The van der Waals surface area contributed by atoms with E-state index < -0.39 is 47.0 Å². The van der Waals surface area contributed by atoms with Crippen LogP contribution in [0.5, 0.6) is 0 Å². The Morgan fingerprint density at radius 1 is 1.02 bits per heavy atom. The third kappa shape index (κ3) is 7.06. The van der Waals surface area contributed by atoms with Crippen molar-refractivity contribution in [3.63, 3.8) is 0 Å². The molecule has 2 heterocycles. The predicted octanol–water partition coefficient (Wildman–Crippen LogP) is 6.06. The quantitative estimate of drug-likeness (QED) is 0.148. The van der Waals surface area contributed by atoms with Crippen molar-refractivity contribution in [2.45, 2.75) is 12.4 Å². The summed E-state index contributed by atoms with van der Waals surface area (Å²) in [4.78, 5) is 36.2. The zero-order valence-electron chi connectivity index (χ0n) is 21.7. The molecule has 4 rings (SSSR count). The second-order valence-corrected chi connectivity index (χ2v) is 8.54. The van der Waals surface area contributed by atoms with Crippen molar-refractivity contribution >= 4 is 40.7 Å². The average molecular weight is 609 g/mol. The SMILES string of the molecule is C=CC(=O)N(OC(=O)C(F)(F)F)c1cccc(Nc2nc(Nc3cnn(C)c3)ncc2-c2ccc(C(F)(F)F)cc2)c1F. The molecule has 0 aliphatic heterocycles. The highest BCUT2D eigenvalue weighted by atomic mass is 19.4. The average Bonchev–Trinajstić information content (AvgIpc) is 3.36. The summed E-state index contributed by atoms with van der Waals surface area (Å²) < 4.78 is 94.9. The summed E-state index contributed by atoms with van der Waals surface area (Å²) in [5.74, 6) is -5.76. The molecular weight excluding hydrogens is 591 g/mol. The number of carbonyl (C=O) groups excluding carboxylic acids is 2. The molecule has 0 fully saturated rings. The van der Waals surface area contributed by atoms with Gasteiger partial charge in [0.15, 0.2) is 5.82 Å². The van der Waals surface area contributed by atoms with Crippen molar-refractivity contribution in [2.24, 2.45) is 7.05 Å². The number of nitrogens with zero attached hydrogens (tertiary/aromatic N) is 5. The van der Waals surface area contributed by atoms with E-state index in [1.807, 2.05) is 0 Å². The lowest BCUT2D eigenvalue weighted by molar-refractivity contribution is -0.201. The fourth-order valence-corrected chi connectivity index (χ4v) is 3.53. The Morgan fingerprint density at radius 3 is 2.30 bits per heavy atom. The molecule has 0 unspecified atom stereocenters. The molecule has 0 atom stereocenters. The van der Waals surface area contributed by atoms with Gasteiger partial charge in [-0.05, 0) is 35.9 Å². The van der Waals surface area contributed by atoms with Crippen molar-refractivity contribution in [3.8, 4) is 11.1 Å². The van der Waals surface area contributed by atoms with E-state index in [1.54, 1.807) is 13.2 Å². The number of alkyl halides is 6. The lowest BCUT2D eigenvalue weighted by atomic mass is 10.1. The fourth-order valence-electron chi connectivity index (χ4n) is 3.53. The van der Waals surface area contributed by atoms with Crippen LogP contribution in [-0.4, -0.2) is 37.8 Å². The molecule has 0 bridgehead atoms. The number of rotatable bonds is 7. The Morgan fingerprint density at radius 2 is 1.72 bits per heavy atom. The summed E-state index contributed by atoms with van der Waals surface area (Å²) in [6.07, 6.45) is -5.37. The maximum Gasteiger partial charge on any atom is 0.493 e. The monoisotopic (exact) mass is 609 g/mol. The van der Waals surface area contributed by atoms with E-state index in [0.29, 0.717) is 11.8 Å². The predicted molar refractivity (Wildman–Crippen MR) is 138 cm³/mol. The van der Waals surface area contributed by atoms with Crippen LogP contribution in [0.3, 0.4) is 0 Å². The molecule has 17 heteroatoms. The fraction of sp³-hybridized carbons (Fsp3) is 0.115. The number of anilines is 5. The van der Waals surface area contributed by atoms with E-state index in [9.17, 15) is 35.9 Å². The number of aromatic nitrogens is 4. The van der Waals surface area contributed by atoms with Crippen LogP contribution in [0.1, 0.15) is 5.56 Å². The second kappa shape index (κ2) is 11.8. The van der Waals surface area contributed by atoms with Gasteiger partial charge < -0.3 is 15.5 Å². The number of carbonyl (C=O) groups is 2. The molecule has 0 saturated carbocycles. The van der Waals surface area contributed by atoms with Gasteiger partial charge in [-0.15, -0.1) is 5.06 Å². The minimum atomic E-state index is -5.51. The molecular formula is C26H18F7N7O3. The number of benzene rings is 2. The summed E-state index contributed by atoms with van der Waals surface area (Å²) in [5.41, 5.74) is -1.57. The van der Waals surface area contributed by atoms with Gasteiger partial charge >= 0.3 is 18.3 Å². The Labute approximate surface area is 237 Å². The van der Waals surface area contributed by atoms with Crippen LogP contribution in [0.25, 0.3) is 11.1 Å². The topological polar surface area (TPSA) is 114 Å². The highest BCUT2D eigenvalue weighted by Gasteiger charge is 2.44. The lowest BCUT2D eigenvalue weighted by Gasteiger charge is -2.22. The van der Waals surface area contributed by atoms with Crippen LogP contribution in [0.15, 0.2) is 73.7 Å². The van der Waals surface area contributed by atoms with Crippen molar-refractivity contribution in [3.05, 3.63) is 85.1 Å². The second-order valence-electron chi connectivity index (χ2n) is 8.54. The van der Waals surface area contributed by atoms with Crippen LogP contribution in [0.2, 0.25) is 0 Å². The minimum Gasteiger partial charge on any atom is -0.337 e. The molecule has 1 amide bonds. The van der Waals surface area contributed by atoms with E-state index in [2.05, 4.69) is 37.1 Å². The molecule has 0 saturated heterocycles. The van der Waals surface area contributed by atoms with Gasteiger partial charge in [0, 0.05) is 25.0 Å². The summed E-state index contributed by atoms with van der Waals surface area (Å²) in [6, 6.07) is 7.00. The first-order valence-corrected chi connectivity index (χ1v) is 11.8. The van der Waals surface area contributed by atoms with Gasteiger partial charge in [-0.3, -0.25) is 9.48 Å². The maximum atomic E-state index is 15.7. The summed E-state index contributed by atoms with van der Waals surface area (Å²) in [7, 11) is 1.65. The molecule has 2 aromatic carbocycles. The van der Waals surface area contributed by atoms with Crippen molar-refractivity contribution < 1.29 is 45.2 Å². The number of aryl methyl sites for hydroxylation is 1. The highest BCUT2D eigenvalue weighted by molar-refractivity contribution is 6.01. The molecule has 0 aliphatic carbocycles. The number of halogens is 7. The zero-order chi connectivity index (χ0) is 31.5. The highest BCUT2D eigenvalue weighted by Crippen LogP contribution is 2.36. The maximum absolute atomic E-state index is 15.7. The van der Waals surface area contributed by atoms with Gasteiger partial charge in [0.1, 0.15) is 11.5 Å². The van der Waals surface area contributed by atoms with E-state index in [0.717, 1.165) is 42.5 Å². The molecule has 0 spiro atoms. The van der Waals surface area contributed by atoms with Crippen LogP contribution >= 0.6 is 0 Å². The van der Waals surface area contributed by atoms with E-state index >= 15 is 4.39 Å². The van der Waals surface area contributed by atoms with Gasteiger partial charge in [-0.25, -0.2) is 14.2 Å². The molecule has 0 aliphatic rings. The summed E-state index contributed by atoms with van der Waals surface area (Å²) >= 11 is 0. The van der Waals surface area contributed by atoms with Crippen LogP contribution < -0.4 is 15.7 Å². The lowest BCUT2D eigenvalue weighted by Crippen LogP contribution is -2.38. The van der Waals surface area contributed by atoms with Gasteiger partial charge in [0.25, 0.3) is 5.91 Å². The van der Waals surface area contributed by atoms with Crippen molar-refractivity contribution in [1.29, 1.82) is 0 Å². The molecule has 0 radical (unpaired) electrons. The van der Waals surface area contributed by atoms with E-state index in [4.69, 9.17) is 0 Å². The van der Waals surface area contributed by atoms with Gasteiger partial charge in [-0.2, -0.15) is 36.4 Å². The summed E-state index contributed by atoms with van der Waals surface area (Å²) in [5, 5.41) is 9.22. The molecule has 43 heavy (non-hydrogen) atoms. The van der Waals surface area contributed by atoms with Gasteiger partial charge in [-0.1, -0.05) is 24.8 Å². The number of hydroxylamine groups is 1. The molecule has 224 valence electrons. The Hall–Kier alpha value is -5.48.